The van der Waals surface area contributed by atoms with Crippen molar-refractivity contribution in [2.75, 3.05) is 37.0 Å². The molecule has 3 aliphatic heterocycles. The number of aliphatic hydroxyl groups is 8. The predicted molar refractivity (Wildman–Crippen MR) is 183 cm³/mol. The SMILES string of the molecule is C#C[C@]1(CO)O[C@@H](n2ccc(N)nc2=O)[C@H](O)[C@@H]1O.Nc1ccn([C@@H]2O[C@H](CO)[C@@H](O)C2(F)F)c(=O)n1.[N-]=[N+]=N[C@]1(CO)O[C@@H](n2ccc(N)nc2=O)[C@H](O)[C@@H]1O. The van der Waals surface area contributed by atoms with Gasteiger partial charge in [-0.25, -0.2) is 14.4 Å². The first-order valence-corrected chi connectivity index (χ1v) is 16.0. The third-order valence-electron chi connectivity index (χ3n) is 8.66. The van der Waals surface area contributed by atoms with E-state index in [0.717, 1.165) is 21.4 Å². The molecule has 3 fully saturated rings. The first kappa shape index (κ1) is 44.0. The quantitative estimate of drug-likeness (QED) is 0.0458. The van der Waals surface area contributed by atoms with Crippen molar-refractivity contribution in [3.8, 4) is 12.3 Å². The Labute approximate surface area is 315 Å². The Balaban J connectivity index is 0.000000190. The van der Waals surface area contributed by atoms with Gasteiger partial charge in [-0.3, -0.25) is 13.7 Å². The molecule has 0 aliphatic carbocycles. The maximum atomic E-state index is 13.7. The van der Waals surface area contributed by atoms with Crippen LogP contribution in [0.15, 0.2) is 56.3 Å². The van der Waals surface area contributed by atoms with Crippen molar-refractivity contribution in [2.24, 2.45) is 5.11 Å². The van der Waals surface area contributed by atoms with E-state index in [1.54, 1.807) is 0 Å². The fourth-order valence-electron chi connectivity index (χ4n) is 5.58. The van der Waals surface area contributed by atoms with Gasteiger partial charge in [0.1, 0.15) is 48.0 Å². The summed E-state index contributed by atoms with van der Waals surface area (Å²) in [4.78, 5) is 47.4. The number of halogens is 2. The lowest BCUT2D eigenvalue weighted by Gasteiger charge is -2.23. The molecule has 0 saturated carbocycles. The zero-order valence-corrected chi connectivity index (χ0v) is 28.9. The number of hydrogen-bond donors (Lipinski definition) is 11. The van der Waals surface area contributed by atoms with E-state index in [2.05, 4.69) is 30.9 Å². The van der Waals surface area contributed by atoms with E-state index >= 15 is 0 Å². The highest BCUT2D eigenvalue weighted by Crippen LogP contribution is 2.42. The van der Waals surface area contributed by atoms with Gasteiger partial charge in [0.25, 0.3) is 0 Å². The van der Waals surface area contributed by atoms with Gasteiger partial charge in [0.2, 0.25) is 12.0 Å². The summed E-state index contributed by atoms with van der Waals surface area (Å²) in [6.45, 7) is -2.36. The molecule has 6 rings (SSSR count). The minimum absolute atomic E-state index is 0.0136. The molecule has 0 bridgehead atoms. The highest BCUT2D eigenvalue weighted by atomic mass is 19.3. The molecule has 3 aliphatic rings. The number of nitrogen functional groups attached to an aromatic ring is 3. The molecule has 26 nitrogen and oxygen atoms in total. The maximum absolute atomic E-state index is 13.7. The van der Waals surface area contributed by atoms with Gasteiger partial charge in [-0.05, 0) is 23.7 Å². The van der Waals surface area contributed by atoms with Gasteiger partial charge in [-0.2, -0.15) is 23.7 Å². The summed E-state index contributed by atoms with van der Waals surface area (Å²) < 4.78 is 45.0. The van der Waals surface area contributed by atoms with Crippen LogP contribution >= 0.6 is 0 Å². The molecule has 0 aromatic carbocycles. The Morgan fingerprint density at radius 1 is 0.789 bits per heavy atom. The number of alkyl halides is 2. The molecule has 3 aromatic heterocycles. The Kier molecular flexibility index (Phi) is 13.3. The van der Waals surface area contributed by atoms with Crippen molar-refractivity contribution in [1.82, 2.24) is 28.7 Å². The lowest BCUT2D eigenvalue weighted by atomic mass is 9.97. The van der Waals surface area contributed by atoms with Gasteiger partial charge in [0, 0.05) is 23.5 Å². The molecule has 3 saturated heterocycles. The molecular formula is C29H36F2N12O14. The van der Waals surface area contributed by atoms with Crippen LogP contribution in [0.4, 0.5) is 26.2 Å². The van der Waals surface area contributed by atoms with Crippen LogP contribution in [-0.2, 0) is 14.2 Å². The molecule has 0 spiro atoms. The van der Waals surface area contributed by atoms with Crippen LogP contribution < -0.4 is 34.3 Å². The fraction of sp³-hybridized carbons (Fsp3) is 0.517. The van der Waals surface area contributed by atoms with E-state index in [4.69, 9.17) is 48.5 Å². The number of hydrogen-bond acceptors (Lipinski definition) is 21. The summed E-state index contributed by atoms with van der Waals surface area (Å²) in [5.74, 6) is -1.74. The molecule has 6 heterocycles. The van der Waals surface area contributed by atoms with Crippen LogP contribution in [0.2, 0.25) is 0 Å². The Morgan fingerprint density at radius 2 is 1.25 bits per heavy atom. The standard InChI is InChI=1S/C11H13N3O5.C9H11F2N3O4.C9H12N6O5/c1-2-11(5-15)8(17)7(16)9(19-11)14-4-3-6(12)13-10(14)18;10-9(11)6(16)4(3-15)18-7(9)14-2-1-5(12)13-8(14)17;10-4-1-2-15(8(19)12-4)7-5(17)6(18)9(3-16,20-7)13-14-11/h1,3-4,7-9,15-17H,5H2,(H2,12,13,18);1-2,4,6-7,15-16H,3H2,(H2,12,13,17);1-2,5-7,16-18H,3H2,(H2,10,12,19)/t7-,8+,9-,11-;4-,6-,7-;5-,6+,7-,9-/m111/s1. The molecular weight excluding hydrogens is 778 g/mol. The van der Waals surface area contributed by atoms with E-state index in [-0.39, 0.29) is 17.5 Å². The van der Waals surface area contributed by atoms with Crippen molar-refractivity contribution in [3.05, 3.63) is 78.7 Å². The lowest BCUT2D eigenvalue weighted by molar-refractivity contribution is -0.140. The number of ether oxygens (including phenoxy) is 3. The smallest absolute Gasteiger partial charge is 0.351 e. The molecule has 3 aromatic rings. The number of terminal acetylenes is 1. The van der Waals surface area contributed by atoms with E-state index in [1.807, 2.05) is 0 Å². The number of aromatic nitrogens is 6. The summed E-state index contributed by atoms with van der Waals surface area (Å²) >= 11 is 0. The first-order valence-electron chi connectivity index (χ1n) is 16.0. The molecule has 57 heavy (non-hydrogen) atoms. The van der Waals surface area contributed by atoms with E-state index in [9.17, 15) is 58.9 Å². The predicted octanol–water partition coefficient (Wildman–Crippen LogP) is -5.77. The van der Waals surface area contributed by atoms with Crippen LogP contribution in [0.3, 0.4) is 0 Å². The van der Waals surface area contributed by atoms with Crippen LogP contribution in [0.5, 0.6) is 0 Å². The van der Waals surface area contributed by atoms with Gasteiger partial charge in [-0.1, -0.05) is 11.0 Å². The van der Waals surface area contributed by atoms with E-state index in [1.165, 1.54) is 24.5 Å². The highest BCUT2D eigenvalue weighted by molar-refractivity contribution is 5.25. The van der Waals surface area contributed by atoms with Gasteiger partial charge in [0.15, 0.2) is 24.2 Å². The van der Waals surface area contributed by atoms with Gasteiger partial charge >= 0.3 is 23.0 Å². The second-order valence-electron chi connectivity index (χ2n) is 12.2. The number of anilines is 3. The Bertz CT molecular complexity index is 2180. The molecule has 14 N–H and O–H groups in total. The largest absolute Gasteiger partial charge is 0.394 e. The van der Waals surface area contributed by atoms with Crippen LogP contribution in [-0.4, -0.2) is 143 Å². The zero-order valence-electron chi connectivity index (χ0n) is 28.9. The third-order valence-corrected chi connectivity index (χ3v) is 8.66. The molecule has 310 valence electrons. The average Bonchev–Trinajstić information content (AvgIpc) is 3.67. The second kappa shape index (κ2) is 17.2. The Morgan fingerprint density at radius 3 is 1.61 bits per heavy atom. The van der Waals surface area contributed by atoms with Crippen LogP contribution in [0.1, 0.15) is 18.7 Å². The van der Waals surface area contributed by atoms with E-state index in [0.29, 0.717) is 4.57 Å². The van der Waals surface area contributed by atoms with Crippen molar-refractivity contribution in [2.45, 2.75) is 72.6 Å². The monoisotopic (exact) mass is 814 g/mol. The molecule has 0 amide bonds. The lowest BCUT2D eigenvalue weighted by Crippen LogP contribution is -2.45. The highest BCUT2D eigenvalue weighted by Gasteiger charge is 2.60. The first-order chi connectivity index (χ1) is 26.8. The third kappa shape index (κ3) is 8.40. The molecule has 11 atom stereocenters. The summed E-state index contributed by atoms with van der Waals surface area (Å²) in [5, 5.41) is 79.2. The second-order valence-corrected chi connectivity index (χ2v) is 12.2. The normalized spacial score (nSPS) is 32.5. The van der Waals surface area contributed by atoms with Crippen LogP contribution in [0.25, 0.3) is 10.4 Å². The minimum atomic E-state index is -3.71. The summed E-state index contributed by atoms with van der Waals surface area (Å²) in [6.07, 6.45) is -5.97. The number of rotatable bonds is 7. The van der Waals surface area contributed by atoms with Gasteiger partial charge < -0.3 is 72.3 Å². The summed E-state index contributed by atoms with van der Waals surface area (Å²) in [5.41, 5.74) is 17.9. The fourth-order valence-corrected chi connectivity index (χ4v) is 5.58. The summed E-state index contributed by atoms with van der Waals surface area (Å²) in [6, 6.07) is 3.77. The molecule has 28 heteroatoms. The Hall–Kier alpha value is -5.67. The van der Waals surface area contributed by atoms with Crippen molar-refractivity contribution < 1.29 is 63.8 Å². The zero-order chi connectivity index (χ0) is 42.6. The average molecular weight is 815 g/mol. The number of nitrogens with zero attached hydrogens (tertiary/aromatic N) is 9. The number of aliphatic hydroxyl groups excluding tert-OH is 8. The molecule has 0 radical (unpaired) electrons. The minimum Gasteiger partial charge on any atom is -0.394 e. The van der Waals surface area contributed by atoms with Crippen molar-refractivity contribution in [3.63, 3.8) is 0 Å². The van der Waals surface area contributed by atoms with E-state index < -0.39 is 109 Å². The molecule has 0 unspecified atom stereocenters. The number of nitrogens with two attached hydrogens (primary N) is 3. The summed E-state index contributed by atoms with van der Waals surface area (Å²) in [7, 11) is 0. The topological polar surface area (TPSA) is 421 Å². The maximum Gasteiger partial charge on any atom is 0.351 e. The van der Waals surface area contributed by atoms with Gasteiger partial charge in [0.05, 0.1) is 19.8 Å². The van der Waals surface area contributed by atoms with Crippen LogP contribution in [0, 0.1) is 12.3 Å². The van der Waals surface area contributed by atoms with Crippen molar-refractivity contribution in [1.29, 1.82) is 0 Å². The van der Waals surface area contributed by atoms with Gasteiger partial charge in [-0.15, -0.1) is 6.42 Å². The number of azide groups is 1. The van der Waals surface area contributed by atoms with Crippen molar-refractivity contribution >= 4 is 17.5 Å².